The molecule has 0 bridgehead atoms. The number of hydrogen-bond acceptors (Lipinski definition) is 8. The van der Waals surface area contributed by atoms with Gasteiger partial charge in [0.2, 0.25) is 11.8 Å². The van der Waals surface area contributed by atoms with Gasteiger partial charge in [0.25, 0.3) is 0 Å². The highest BCUT2D eigenvalue weighted by Gasteiger charge is 2.42. The van der Waals surface area contributed by atoms with Gasteiger partial charge in [-0.1, -0.05) is 76.2 Å². The van der Waals surface area contributed by atoms with Gasteiger partial charge in [0, 0.05) is 18.7 Å². The van der Waals surface area contributed by atoms with Gasteiger partial charge in [-0.2, -0.15) is 13.2 Å². The van der Waals surface area contributed by atoms with Crippen LogP contribution >= 0.6 is 0 Å². The zero-order valence-electron chi connectivity index (χ0n) is 33.3. The van der Waals surface area contributed by atoms with Crippen molar-refractivity contribution in [1.29, 1.82) is 0 Å². The Morgan fingerprint density at radius 2 is 1.16 bits per heavy atom. The third-order valence-electron chi connectivity index (χ3n) is 10.8. The highest BCUT2D eigenvalue weighted by molar-refractivity contribution is 5.87. The molecule has 2 aromatic heterocycles. The first kappa shape index (κ1) is 41.8. The van der Waals surface area contributed by atoms with E-state index in [-0.39, 0.29) is 40.9 Å². The van der Waals surface area contributed by atoms with Crippen LogP contribution in [0.25, 0.3) is 33.6 Å². The lowest BCUT2D eigenvalue weighted by atomic mass is 10.0. The summed E-state index contributed by atoms with van der Waals surface area (Å²) in [6, 6.07) is 11.6. The van der Waals surface area contributed by atoms with Crippen molar-refractivity contribution in [3.8, 4) is 33.6 Å². The zero-order chi connectivity index (χ0) is 41.9. The molecule has 0 radical (unpaired) electrons. The minimum absolute atomic E-state index is 0.0259. The van der Waals surface area contributed by atoms with Crippen molar-refractivity contribution >= 4 is 24.0 Å². The number of alkyl carbamates (subject to hydrolysis) is 2. The number of rotatable bonds is 11. The lowest BCUT2D eigenvalue weighted by Crippen LogP contribution is -2.51. The summed E-state index contributed by atoms with van der Waals surface area (Å²) in [5, 5.41) is 5.20. The molecule has 2 fully saturated rings. The van der Waals surface area contributed by atoms with Gasteiger partial charge < -0.3 is 39.9 Å². The Bertz CT molecular complexity index is 2100. The lowest BCUT2D eigenvalue weighted by Gasteiger charge is -2.30. The fraction of sp³-hybridized carbons (Fsp3) is 0.463. The van der Waals surface area contributed by atoms with Crippen molar-refractivity contribution in [2.24, 2.45) is 11.8 Å². The Labute approximate surface area is 334 Å². The summed E-state index contributed by atoms with van der Waals surface area (Å²) in [7, 11) is 2.45. The van der Waals surface area contributed by atoms with Crippen LogP contribution in [0.2, 0.25) is 0 Å². The summed E-state index contributed by atoms with van der Waals surface area (Å²) in [6.45, 7) is 8.09. The van der Waals surface area contributed by atoms with Crippen molar-refractivity contribution < 1.29 is 41.8 Å². The number of methoxy groups -OCH3 is 2. The maximum atomic E-state index is 14.4. The Morgan fingerprint density at radius 1 is 0.707 bits per heavy atom. The van der Waals surface area contributed by atoms with E-state index in [1.807, 2.05) is 38.1 Å². The van der Waals surface area contributed by atoms with Crippen molar-refractivity contribution in [2.75, 3.05) is 27.3 Å². The van der Waals surface area contributed by atoms with E-state index >= 15 is 0 Å². The molecular weight excluding hydrogens is 757 g/mol. The van der Waals surface area contributed by atoms with E-state index in [1.165, 1.54) is 19.1 Å². The molecule has 58 heavy (non-hydrogen) atoms. The number of nitrogens with zero attached hydrogens (tertiary/aromatic N) is 4. The number of halogens is 3. The number of likely N-dealkylation sites (tertiary alicyclic amines) is 2. The molecule has 17 heteroatoms. The number of carbonyl (C=O) groups is 4. The van der Waals surface area contributed by atoms with Crippen LogP contribution in [0, 0.1) is 11.8 Å². The first-order valence-electron chi connectivity index (χ1n) is 19.3. The number of H-pyrrole nitrogens is 2. The maximum Gasteiger partial charge on any atom is 0.433 e. The van der Waals surface area contributed by atoms with E-state index < -0.39 is 48.1 Å². The van der Waals surface area contributed by atoms with Crippen LogP contribution in [0.15, 0.2) is 54.7 Å². The molecule has 2 aliphatic heterocycles. The largest absolute Gasteiger partial charge is 0.453 e. The molecule has 2 saturated heterocycles. The van der Waals surface area contributed by atoms with Crippen molar-refractivity contribution in [2.45, 2.75) is 83.7 Å². The van der Waals surface area contributed by atoms with Gasteiger partial charge in [-0.25, -0.2) is 19.6 Å². The SMILES string of the molecule is COC(=O)N[C@H](C(=O)N1CCCC1c1nc(-c2ccc(-c3ccc(-c4cnc([C@@H]5CCCN5C(=O)[C@@H](NC(=O)OC)C(C)C)[nH]4)cc3)cc2)c(C(F)(F)F)[nH]1)C(C)C. The molecule has 2 aliphatic rings. The lowest BCUT2D eigenvalue weighted by molar-refractivity contribution is -0.140. The van der Waals surface area contributed by atoms with Crippen LogP contribution < -0.4 is 10.6 Å². The number of nitrogens with one attached hydrogen (secondary N) is 4. The third kappa shape index (κ3) is 8.82. The van der Waals surface area contributed by atoms with Gasteiger partial charge in [-0.15, -0.1) is 0 Å². The van der Waals surface area contributed by atoms with E-state index in [0.717, 1.165) is 28.8 Å². The van der Waals surface area contributed by atoms with Gasteiger partial charge in [0.1, 0.15) is 35.1 Å². The van der Waals surface area contributed by atoms with Gasteiger partial charge >= 0.3 is 18.4 Å². The van der Waals surface area contributed by atoms with Crippen LogP contribution in [-0.2, 0) is 25.2 Å². The second kappa shape index (κ2) is 17.3. The zero-order valence-corrected chi connectivity index (χ0v) is 33.3. The van der Waals surface area contributed by atoms with Crippen LogP contribution in [0.1, 0.15) is 82.8 Å². The predicted octanol–water partition coefficient (Wildman–Crippen LogP) is 7.24. The Kier molecular flexibility index (Phi) is 12.5. The molecule has 4 aromatic rings. The quantitative estimate of drug-likeness (QED) is 0.123. The number of alkyl halides is 3. The van der Waals surface area contributed by atoms with Crippen molar-refractivity contribution in [3.05, 3.63) is 72.1 Å². The molecule has 4 atom stereocenters. The molecule has 2 aromatic carbocycles. The minimum atomic E-state index is -4.74. The van der Waals surface area contributed by atoms with E-state index in [4.69, 9.17) is 4.74 Å². The van der Waals surface area contributed by atoms with Crippen LogP contribution in [0.5, 0.6) is 0 Å². The monoisotopic (exact) mass is 806 g/mol. The molecule has 0 aliphatic carbocycles. The van der Waals surface area contributed by atoms with Gasteiger partial charge in [-0.05, 0) is 54.2 Å². The topological polar surface area (TPSA) is 175 Å². The van der Waals surface area contributed by atoms with Crippen LogP contribution in [-0.4, -0.2) is 93.1 Å². The normalized spacial score (nSPS) is 18.1. The number of aromatic amines is 2. The predicted molar refractivity (Wildman–Crippen MR) is 208 cm³/mol. The van der Waals surface area contributed by atoms with Crippen LogP contribution in [0.4, 0.5) is 22.8 Å². The number of benzene rings is 2. The summed E-state index contributed by atoms with van der Waals surface area (Å²) >= 11 is 0. The number of aromatic nitrogens is 4. The highest BCUT2D eigenvalue weighted by atomic mass is 19.4. The highest BCUT2D eigenvalue weighted by Crippen LogP contribution is 2.40. The number of amides is 4. The second-order valence-electron chi connectivity index (χ2n) is 15.3. The van der Waals surface area contributed by atoms with E-state index in [9.17, 15) is 32.3 Å². The average molecular weight is 807 g/mol. The molecule has 1 unspecified atom stereocenters. The van der Waals surface area contributed by atoms with E-state index in [2.05, 4.69) is 35.3 Å². The Morgan fingerprint density at radius 3 is 1.60 bits per heavy atom. The van der Waals surface area contributed by atoms with E-state index in [1.54, 1.807) is 49.2 Å². The Hall–Kier alpha value is -5.87. The van der Waals surface area contributed by atoms with Crippen molar-refractivity contribution in [1.82, 2.24) is 40.4 Å². The third-order valence-corrected chi connectivity index (χ3v) is 10.8. The second-order valence-corrected chi connectivity index (χ2v) is 15.3. The summed E-state index contributed by atoms with van der Waals surface area (Å²) in [4.78, 5) is 69.1. The fourth-order valence-electron chi connectivity index (χ4n) is 7.66. The van der Waals surface area contributed by atoms with E-state index in [0.29, 0.717) is 38.2 Å². The fourth-order valence-corrected chi connectivity index (χ4v) is 7.66. The van der Waals surface area contributed by atoms with Gasteiger partial charge in [0.05, 0.1) is 38.2 Å². The minimum Gasteiger partial charge on any atom is -0.453 e. The van der Waals surface area contributed by atoms with Gasteiger partial charge in [-0.3, -0.25) is 9.59 Å². The summed E-state index contributed by atoms with van der Waals surface area (Å²) < 4.78 is 52.7. The first-order valence-corrected chi connectivity index (χ1v) is 19.3. The summed E-state index contributed by atoms with van der Waals surface area (Å²) in [5.41, 5.74) is 2.18. The Balaban J connectivity index is 1.18. The first-order chi connectivity index (χ1) is 27.6. The smallest absolute Gasteiger partial charge is 0.433 e. The standard InChI is InChI=1S/C41H49F3N8O6/c1-22(2)31(48-39(55)57-5)37(53)51-19-7-9-29(51)35-45-21-28(46-35)26-15-11-24(12-16-26)25-13-17-27(18-14-25)33-34(41(42,43)44)50-36(47-33)30-10-8-20-52(30)38(54)32(23(3)4)49-40(56)58-6/h11-18,21-23,29-32H,7-10,19-20H2,1-6H3,(H,45,46)(H,47,50)(H,48,55)(H,49,56)/t29-,30?,31-,32-/m0/s1. The van der Waals surface area contributed by atoms with Gasteiger partial charge in [0.15, 0.2) is 0 Å². The molecular formula is C41H49F3N8O6. The number of carbonyl (C=O) groups excluding carboxylic acids is 4. The summed E-state index contributed by atoms with van der Waals surface area (Å²) in [5.74, 6) is -0.400. The molecule has 0 saturated carbocycles. The number of hydrogen-bond donors (Lipinski definition) is 4. The molecule has 4 heterocycles. The molecule has 14 nitrogen and oxygen atoms in total. The molecule has 310 valence electrons. The molecule has 4 amide bonds. The summed E-state index contributed by atoms with van der Waals surface area (Å²) in [6.07, 6.45) is -2.00. The number of imidazole rings is 2. The molecule has 6 rings (SSSR count). The number of ether oxygens (including phenoxy) is 2. The molecule has 0 spiro atoms. The van der Waals surface area contributed by atoms with Crippen LogP contribution in [0.3, 0.4) is 0 Å². The van der Waals surface area contributed by atoms with Crippen molar-refractivity contribution in [3.63, 3.8) is 0 Å². The maximum absolute atomic E-state index is 14.4. The molecule has 4 N–H and O–H groups in total. The average Bonchev–Trinajstić information content (AvgIpc) is 4.04.